The van der Waals surface area contributed by atoms with Gasteiger partial charge in [0.15, 0.2) is 0 Å². The molecule has 1 N–H and O–H groups in total. The lowest BCUT2D eigenvalue weighted by Crippen LogP contribution is -2.11. The number of aromatic nitrogens is 1. The molecule has 31 heavy (non-hydrogen) atoms. The highest BCUT2D eigenvalue weighted by molar-refractivity contribution is 7.17. The van der Waals surface area contributed by atoms with Gasteiger partial charge in [-0.15, -0.1) is 11.3 Å². The minimum Gasteiger partial charge on any atom is -0.319 e. The van der Waals surface area contributed by atoms with Gasteiger partial charge < -0.3 is 5.32 Å². The summed E-state index contributed by atoms with van der Waals surface area (Å²) in [5.41, 5.74) is 5.59. The summed E-state index contributed by atoms with van der Waals surface area (Å²) in [5, 5.41) is 2.56. The number of hydrogen-bond acceptors (Lipinski definition) is 3. The van der Waals surface area contributed by atoms with E-state index in [1.807, 2.05) is 24.4 Å². The number of nitrogens with zero attached hydrogens (tertiary/aromatic N) is 1. The van der Waals surface area contributed by atoms with E-state index in [2.05, 4.69) is 28.5 Å². The van der Waals surface area contributed by atoms with E-state index in [0.717, 1.165) is 58.5 Å². The first-order valence-corrected chi connectivity index (χ1v) is 10.8. The van der Waals surface area contributed by atoms with Crippen LogP contribution in [0.4, 0.5) is 14.5 Å². The standard InChI is InChI=1S/C25H18F2N2OS/c26-19-8-9-22(21(27)13-19)29-25(30)23-12-17-4-1-3-15-6-7-16(11-20(15)24(17)31-23)18-5-2-10-28-14-18/h2,5-14H,1,3-4H2,(H,29,30). The molecule has 2 aromatic carbocycles. The number of hydrogen-bond donors (Lipinski definition) is 1. The molecule has 1 aliphatic carbocycles. The van der Waals surface area contributed by atoms with E-state index in [-0.39, 0.29) is 5.69 Å². The fraction of sp³-hybridized carbons (Fsp3) is 0.120. The van der Waals surface area contributed by atoms with Crippen LogP contribution in [0.5, 0.6) is 0 Å². The lowest BCUT2D eigenvalue weighted by molar-refractivity contribution is 0.103. The molecular formula is C25H18F2N2OS. The Bertz CT molecular complexity index is 1280. The van der Waals surface area contributed by atoms with Crippen molar-refractivity contribution < 1.29 is 13.6 Å². The third-order valence-electron chi connectivity index (χ3n) is 5.45. The number of benzene rings is 2. The number of rotatable bonds is 3. The van der Waals surface area contributed by atoms with Gasteiger partial charge in [0.2, 0.25) is 0 Å². The normalized spacial score (nSPS) is 12.6. The van der Waals surface area contributed by atoms with Crippen LogP contribution in [0, 0.1) is 11.6 Å². The second kappa shape index (κ2) is 8.04. The van der Waals surface area contributed by atoms with Gasteiger partial charge in [0, 0.05) is 28.9 Å². The summed E-state index contributed by atoms with van der Waals surface area (Å²) in [6.07, 6.45) is 6.44. The smallest absolute Gasteiger partial charge is 0.265 e. The van der Waals surface area contributed by atoms with Crippen LogP contribution in [-0.4, -0.2) is 10.9 Å². The molecule has 154 valence electrons. The van der Waals surface area contributed by atoms with Crippen molar-refractivity contribution in [3.63, 3.8) is 0 Å². The van der Waals surface area contributed by atoms with Crippen LogP contribution >= 0.6 is 11.3 Å². The van der Waals surface area contributed by atoms with Crippen molar-refractivity contribution in [3.8, 4) is 21.6 Å². The SMILES string of the molecule is O=C(Nc1ccc(F)cc1F)c1cc2c(s1)-c1cc(-c3cccnc3)ccc1CCC2. The highest BCUT2D eigenvalue weighted by Gasteiger charge is 2.21. The van der Waals surface area contributed by atoms with Crippen molar-refractivity contribution in [2.75, 3.05) is 5.32 Å². The predicted octanol–water partition coefficient (Wildman–Crippen LogP) is 6.50. The van der Waals surface area contributed by atoms with Gasteiger partial charge in [0.25, 0.3) is 5.91 Å². The monoisotopic (exact) mass is 432 g/mol. The van der Waals surface area contributed by atoms with Crippen molar-refractivity contribution in [2.45, 2.75) is 19.3 Å². The highest BCUT2D eigenvalue weighted by Crippen LogP contribution is 2.40. The second-order valence-corrected chi connectivity index (χ2v) is 8.56. The zero-order valence-corrected chi connectivity index (χ0v) is 17.3. The van der Waals surface area contributed by atoms with Crippen LogP contribution in [0.1, 0.15) is 27.2 Å². The minimum absolute atomic E-state index is 0.0331. The van der Waals surface area contributed by atoms with Gasteiger partial charge in [-0.1, -0.05) is 18.2 Å². The quantitative estimate of drug-likeness (QED) is 0.402. The fourth-order valence-corrected chi connectivity index (χ4v) is 5.07. The molecule has 3 nitrogen and oxygen atoms in total. The Morgan fingerprint density at radius 2 is 1.84 bits per heavy atom. The predicted molar refractivity (Wildman–Crippen MR) is 119 cm³/mol. The lowest BCUT2D eigenvalue weighted by atomic mass is 9.98. The maximum absolute atomic E-state index is 14.0. The molecule has 2 heterocycles. The number of thiophene rings is 1. The number of anilines is 1. The Labute approximate surface area is 182 Å². The molecule has 0 fully saturated rings. The van der Waals surface area contributed by atoms with E-state index < -0.39 is 17.5 Å². The lowest BCUT2D eigenvalue weighted by Gasteiger charge is -2.09. The molecule has 2 aromatic heterocycles. The van der Waals surface area contributed by atoms with Crippen LogP contribution in [0.15, 0.2) is 67.0 Å². The largest absolute Gasteiger partial charge is 0.319 e. The topological polar surface area (TPSA) is 42.0 Å². The first kappa shape index (κ1) is 19.6. The maximum Gasteiger partial charge on any atom is 0.265 e. The van der Waals surface area contributed by atoms with E-state index >= 15 is 0 Å². The molecule has 1 amide bonds. The van der Waals surface area contributed by atoms with E-state index in [1.54, 1.807) is 6.20 Å². The molecule has 0 atom stereocenters. The number of aryl methyl sites for hydroxylation is 2. The van der Waals surface area contributed by atoms with Crippen molar-refractivity contribution in [3.05, 3.63) is 94.6 Å². The Hall–Kier alpha value is -3.38. The molecular weight excluding hydrogens is 414 g/mol. The van der Waals surface area contributed by atoms with Crippen molar-refractivity contribution in [1.29, 1.82) is 0 Å². The molecule has 5 rings (SSSR count). The van der Waals surface area contributed by atoms with Crippen LogP contribution < -0.4 is 5.32 Å². The first-order chi connectivity index (χ1) is 15.1. The number of fused-ring (bicyclic) bond motifs is 3. The fourth-order valence-electron chi connectivity index (χ4n) is 3.92. The van der Waals surface area contributed by atoms with Gasteiger partial charge in [0.1, 0.15) is 11.6 Å². The van der Waals surface area contributed by atoms with E-state index in [0.29, 0.717) is 4.88 Å². The molecule has 1 aliphatic rings. The number of halogens is 2. The van der Waals surface area contributed by atoms with Gasteiger partial charge >= 0.3 is 0 Å². The van der Waals surface area contributed by atoms with Crippen molar-refractivity contribution in [2.24, 2.45) is 0 Å². The number of nitrogens with one attached hydrogen (secondary N) is 1. The van der Waals surface area contributed by atoms with E-state index in [1.165, 1.54) is 23.0 Å². The molecule has 0 aliphatic heterocycles. The summed E-state index contributed by atoms with van der Waals surface area (Å²) in [6.45, 7) is 0. The van der Waals surface area contributed by atoms with Gasteiger partial charge in [-0.05, 0) is 71.8 Å². The molecule has 0 saturated heterocycles. The molecule has 4 aromatic rings. The van der Waals surface area contributed by atoms with Crippen LogP contribution in [0.2, 0.25) is 0 Å². The summed E-state index contributed by atoms with van der Waals surface area (Å²) in [6, 6.07) is 15.4. The number of carbonyl (C=O) groups is 1. The number of amides is 1. The van der Waals surface area contributed by atoms with E-state index in [4.69, 9.17) is 0 Å². The Balaban J connectivity index is 1.51. The van der Waals surface area contributed by atoms with Crippen molar-refractivity contribution >= 4 is 22.9 Å². The number of carbonyl (C=O) groups excluding carboxylic acids is 1. The van der Waals surface area contributed by atoms with Crippen LogP contribution in [0.25, 0.3) is 21.6 Å². The highest BCUT2D eigenvalue weighted by atomic mass is 32.1. The molecule has 6 heteroatoms. The van der Waals surface area contributed by atoms with Gasteiger partial charge in [-0.2, -0.15) is 0 Å². The van der Waals surface area contributed by atoms with Gasteiger partial charge in [-0.25, -0.2) is 8.78 Å². The first-order valence-electron chi connectivity index (χ1n) is 10.0. The minimum atomic E-state index is -0.794. The molecule has 0 spiro atoms. The Morgan fingerprint density at radius 1 is 0.968 bits per heavy atom. The molecule has 0 unspecified atom stereocenters. The van der Waals surface area contributed by atoms with E-state index in [9.17, 15) is 13.6 Å². The third-order valence-corrected chi connectivity index (χ3v) is 6.66. The summed E-state index contributed by atoms with van der Waals surface area (Å²) >= 11 is 1.41. The molecule has 0 bridgehead atoms. The average molecular weight is 432 g/mol. The average Bonchev–Trinajstić information content (AvgIpc) is 3.13. The Kier molecular flexibility index (Phi) is 5.08. The molecule has 0 radical (unpaired) electrons. The van der Waals surface area contributed by atoms with Crippen LogP contribution in [0.3, 0.4) is 0 Å². The summed E-state index contributed by atoms with van der Waals surface area (Å²) in [5.74, 6) is -1.87. The summed E-state index contributed by atoms with van der Waals surface area (Å²) < 4.78 is 27.1. The van der Waals surface area contributed by atoms with Crippen molar-refractivity contribution in [1.82, 2.24) is 4.98 Å². The number of pyridine rings is 1. The van der Waals surface area contributed by atoms with Gasteiger partial charge in [0.05, 0.1) is 10.6 Å². The summed E-state index contributed by atoms with van der Waals surface area (Å²) in [4.78, 5) is 18.6. The Morgan fingerprint density at radius 3 is 2.65 bits per heavy atom. The zero-order chi connectivity index (χ0) is 21.4. The van der Waals surface area contributed by atoms with Crippen LogP contribution in [-0.2, 0) is 12.8 Å². The second-order valence-electron chi connectivity index (χ2n) is 7.51. The third kappa shape index (κ3) is 3.86. The van der Waals surface area contributed by atoms with Gasteiger partial charge in [-0.3, -0.25) is 9.78 Å². The molecule has 0 saturated carbocycles. The maximum atomic E-state index is 14.0. The zero-order valence-electron chi connectivity index (χ0n) is 16.5. The summed E-state index contributed by atoms with van der Waals surface area (Å²) in [7, 11) is 0.